The van der Waals surface area contributed by atoms with E-state index in [2.05, 4.69) is 15.5 Å². The summed E-state index contributed by atoms with van der Waals surface area (Å²) in [6, 6.07) is 10.1. The summed E-state index contributed by atoms with van der Waals surface area (Å²) in [5, 5.41) is 15.5. The Morgan fingerprint density at radius 2 is 1.90 bits per heavy atom. The fourth-order valence-electron chi connectivity index (χ4n) is 5.31. The van der Waals surface area contributed by atoms with Gasteiger partial charge in [0.25, 0.3) is 5.91 Å². The molecule has 5 rings (SSSR count). The minimum Gasteiger partial charge on any atom is -0.370 e. The summed E-state index contributed by atoms with van der Waals surface area (Å²) >= 11 is 0. The number of hydrogen-bond acceptors (Lipinski definition) is 5. The van der Waals surface area contributed by atoms with Crippen LogP contribution in [0, 0.1) is 11.3 Å². The standard InChI is InChI=1S/C23H30N6O/c1-28-22(30)19(20(24)26-16-10-3-2-4-11-16)21(25-14-15-8-5-6-9-15)29-18-13-7-12-17(18)27-23(28)29/h2-4,10-11,15,17-18,25H,5-9,12-14H2,1H3,(H2,24,26)/t17-,18+/m1/s1. The maximum atomic E-state index is 13.4. The fourth-order valence-corrected chi connectivity index (χ4v) is 5.31. The zero-order valence-corrected chi connectivity index (χ0v) is 17.5. The van der Waals surface area contributed by atoms with Crippen molar-refractivity contribution in [3.05, 3.63) is 41.7 Å². The highest BCUT2D eigenvalue weighted by molar-refractivity contribution is 6.28. The molecule has 0 radical (unpaired) electrons. The van der Waals surface area contributed by atoms with Crippen molar-refractivity contribution in [3.8, 4) is 0 Å². The van der Waals surface area contributed by atoms with E-state index in [4.69, 9.17) is 10.4 Å². The summed E-state index contributed by atoms with van der Waals surface area (Å²) in [7, 11) is 1.78. The molecule has 4 aliphatic rings. The van der Waals surface area contributed by atoms with Gasteiger partial charge in [-0.3, -0.25) is 20.0 Å². The number of fused-ring (bicyclic) bond motifs is 3. The lowest BCUT2D eigenvalue weighted by Gasteiger charge is -2.39. The van der Waals surface area contributed by atoms with Gasteiger partial charge in [0.15, 0.2) is 0 Å². The van der Waals surface area contributed by atoms with Gasteiger partial charge in [-0.25, -0.2) is 4.99 Å². The number of aliphatic imine (C=N–C) groups is 1. The SMILES string of the molecule is CN1C(=O)C(C(=N)Nc2ccccc2)=C(NCC2CCCC2)N2C1=N[C@@H]1CCC[C@@H]12. The molecule has 0 unspecified atom stereocenters. The molecule has 2 fully saturated rings. The van der Waals surface area contributed by atoms with Gasteiger partial charge in [-0.05, 0) is 50.2 Å². The van der Waals surface area contributed by atoms with Crippen molar-refractivity contribution in [1.82, 2.24) is 15.1 Å². The number of carbonyl (C=O) groups excluding carboxylic acids is 1. The third kappa shape index (κ3) is 3.26. The van der Waals surface area contributed by atoms with E-state index in [-0.39, 0.29) is 23.8 Å². The summed E-state index contributed by atoms with van der Waals surface area (Å²) in [5.41, 5.74) is 1.21. The van der Waals surface area contributed by atoms with Gasteiger partial charge in [0.1, 0.15) is 17.2 Å². The summed E-state index contributed by atoms with van der Waals surface area (Å²) in [6.07, 6.45) is 8.33. The normalized spacial score (nSPS) is 26.0. The highest BCUT2D eigenvalue weighted by atomic mass is 16.2. The molecule has 2 heterocycles. The number of carbonyl (C=O) groups is 1. The highest BCUT2D eigenvalue weighted by Crippen LogP contribution is 2.38. The number of benzene rings is 1. The van der Waals surface area contributed by atoms with Crippen LogP contribution in [-0.2, 0) is 4.79 Å². The molecule has 0 aromatic heterocycles. The first-order valence-corrected chi connectivity index (χ1v) is 11.2. The topological polar surface area (TPSA) is 83.8 Å². The summed E-state index contributed by atoms with van der Waals surface area (Å²) < 4.78 is 0. The lowest BCUT2D eigenvalue weighted by Crippen LogP contribution is -2.56. The monoisotopic (exact) mass is 406 g/mol. The molecule has 2 aliphatic heterocycles. The van der Waals surface area contributed by atoms with Crippen LogP contribution in [0.5, 0.6) is 0 Å². The number of amidine groups is 1. The van der Waals surface area contributed by atoms with Gasteiger partial charge in [-0.1, -0.05) is 31.0 Å². The van der Waals surface area contributed by atoms with Gasteiger partial charge in [-0.2, -0.15) is 0 Å². The number of likely N-dealkylation sites (N-methyl/N-ethyl adjacent to an activating group) is 1. The minimum atomic E-state index is -0.174. The number of guanidine groups is 1. The third-order valence-electron chi connectivity index (χ3n) is 6.89. The summed E-state index contributed by atoms with van der Waals surface area (Å²) in [5.74, 6) is 2.10. The number of amides is 1. The van der Waals surface area contributed by atoms with Crippen LogP contribution in [0.1, 0.15) is 44.9 Å². The van der Waals surface area contributed by atoms with E-state index in [1.807, 2.05) is 30.3 Å². The van der Waals surface area contributed by atoms with Gasteiger partial charge >= 0.3 is 0 Å². The minimum absolute atomic E-state index is 0.132. The summed E-state index contributed by atoms with van der Waals surface area (Å²) in [6.45, 7) is 0.843. The van der Waals surface area contributed by atoms with E-state index in [1.165, 1.54) is 25.7 Å². The second kappa shape index (κ2) is 7.78. The average molecular weight is 407 g/mol. The van der Waals surface area contributed by atoms with Crippen molar-refractivity contribution >= 4 is 23.4 Å². The van der Waals surface area contributed by atoms with E-state index in [0.29, 0.717) is 11.5 Å². The first-order chi connectivity index (χ1) is 14.6. The second-order valence-corrected chi connectivity index (χ2v) is 8.85. The lowest BCUT2D eigenvalue weighted by molar-refractivity contribution is -0.123. The fraction of sp³-hybridized carbons (Fsp3) is 0.522. The molecule has 2 saturated carbocycles. The quantitative estimate of drug-likeness (QED) is 0.518. The molecule has 2 atom stereocenters. The van der Waals surface area contributed by atoms with Crippen LogP contribution in [0.2, 0.25) is 0 Å². The summed E-state index contributed by atoms with van der Waals surface area (Å²) in [4.78, 5) is 22.1. The molecule has 7 nitrogen and oxygen atoms in total. The van der Waals surface area contributed by atoms with Crippen molar-refractivity contribution in [1.29, 1.82) is 5.41 Å². The lowest BCUT2D eigenvalue weighted by atomic mass is 10.1. The van der Waals surface area contributed by atoms with Crippen LogP contribution in [0.25, 0.3) is 0 Å². The van der Waals surface area contributed by atoms with Gasteiger partial charge in [0, 0.05) is 19.3 Å². The zero-order chi connectivity index (χ0) is 20.7. The molecule has 2 aliphatic carbocycles. The molecule has 158 valence electrons. The molecular formula is C23H30N6O. The van der Waals surface area contributed by atoms with E-state index in [1.54, 1.807) is 11.9 Å². The average Bonchev–Trinajstić information content (AvgIpc) is 3.48. The van der Waals surface area contributed by atoms with Crippen LogP contribution < -0.4 is 10.6 Å². The van der Waals surface area contributed by atoms with Gasteiger partial charge in [0.2, 0.25) is 5.96 Å². The van der Waals surface area contributed by atoms with Crippen LogP contribution in [0.4, 0.5) is 5.69 Å². The van der Waals surface area contributed by atoms with Crippen molar-refractivity contribution in [2.45, 2.75) is 57.0 Å². The largest absolute Gasteiger partial charge is 0.370 e. The Bertz CT molecular complexity index is 902. The Kier molecular flexibility index (Phi) is 4.97. The molecule has 1 aromatic rings. The number of nitrogens with zero attached hydrogens (tertiary/aromatic N) is 3. The molecule has 0 spiro atoms. The zero-order valence-electron chi connectivity index (χ0n) is 17.5. The number of rotatable bonds is 5. The second-order valence-electron chi connectivity index (χ2n) is 8.85. The van der Waals surface area contributed by atoms with Crippen LogP contribution in [0.15, 0.2) is 46.7 Å². The molecule has 7 heteroatoms. The van der Waals surface area contributed by atoms with Crippen molar-refractivity contribution < 1.29 is 4.79 Å². The first kappa shape index (κ1) is 19.2. The Hall–Kier alpha value is -2.83. The van der Waals surface area contributed by atoms with Crippen LogP contribution in [-0.4, -0.2) is 53.2 Å². The number of anilines is 1. The Morgan fingerprint density at radius 1 is 1.13 bits per heavy atom. The molecule has 0 saturated heterocycles. The number of hydrogen-bond donors (Lipinski definition) is 3. The van der Waals surface area contributed by atoms with E-state index < -0.39 is 0 Å². The predicted molar refractivity (Wildman–Crippen MR) is 118 cm³/mol. The first-order valence-electron chi connectivity index (χ1n) is 11.2. The molecule has 1 amide bonds. The number of nitrogens with one attached hydrogen (secondary N) is 3. The third-order valence-corrected chi connectivity index (χ3v) is 6.89. The maximum Gasteiger partial charge on any atom is 0.267 e. The van der Waals surface area contributed by atoms with Crippen molar-refractivity contribution in [2.24, 2.45) is 10.9 Å². The Labute approximate surface area is 177 Å². The molecule has 30 heavy (non-hydrogen) atoms. The maximum absolute atomic E-state index is 13.4. The van der Waals surface area contributed by atoms with Gasteiger partial charge in [-0.15, -0.1) is 0 Å². The van der Waals surface area contributed by atoms with Crippen molar-refractivity contribution in [3.63, 3.8) is 0 Å². The Balaban J connectivity index is 1.51. The number of para-hydroxylation sites is 1. The Morgan fingerprint density at radius 3 is 2.67 bits per heavy atom. The van der Waals surface area contributed by atoms with E-state index in [0.717, 1.165) is 43.3 Å². The van der Waals surface area contributed by atoms with E-state index in [9.17, 15) is 4.79 Å². The van der Waals surface area contributed by atoms with Crippen LogP contribution >= 0.6 is 0 Å². The van der Waals surface area contributed by atoms with Crippen molar-refractivity contribution in [2.75, 3.05) is 18.9 Å². The van der Waals surface area contributed by atoms with E-state index >= 15 is 0 Å². The van der Waals surface area contributed by atoms with Gasteiger partial charge < -0.3 is 10.6 Å². The molecule has 0 bridgehead atoms. The van der Waals surface area contributed by atoms with Crippen LogP contribution in [0.3, 0.4) is 0 Å². The smallest absolute Gasteiger partial charge is 0.267 e. The molecule has 1 aromatic carbocycles. The predicted octanol–water partition coefficient (Wildman–Crippen LogP) is 3.13. The molecule has 3 N–H and O–H groups in total. The van der Waals surface area contributed by atoms with Gasteiger partial charge in [0.05, 0.1) is 12.1 Å². The molecular weight excluding hydrogens is 376 g/mol. The highest BCUT2D eigenvalue weighted by Gasteiger charge is 2.48.